The molecule has 2 heterocycles. The van der Waals surface area contributed by atoms with Crippen molar-refractivity contribution in [1.82, 2.24) is 15.0 Å². The second-order valence-corrected chi connectivity index (χ2v) is 6.78. The summed E-state index contributed by atoms with van der Waals surface area (Å²) in [6.45, 7) is 4.76. The topological polar surface area (TPSA) is 107 Å². The normalized spacial score (nSPS) is 10.9. The maximum absolute atomic E-state index is 13.2. The maximum Gasteiger partial charge on any atom is 0.256 e. The van der Waals surface area contributed by atoms with Crippen molar-refractivity contribution in [3.05, 3.63) is 65.3 Å². The summed E-state index contributed by atoms with van der Waals surface area (Å²) >= 11 is 0. The molecule has 2 aromatic heterocycles. The number of nitrogens with zero attached hydrogens (tertiary/aromatic N) is 4. The summed E-state index contributed by atoms with van der Waals surface area (Å²) in [7, 11) is 0. The molecular weight excluding hydrogens is 399 g/mol. The van der Waals surface area contributed by atoms with Crippen molar-refractivity contribution in [2.45, 2.75) is 20.3 Å². The molecule has 160 valence electrons. The molecule has 0 bridgehead atoms. The number of benzene rings is 1. The average Bonchev–Trinajstić information content (AvgIpc) is 3.24. The zero-order valence-electron chi connectivity index (χ0n) is 17.3. The van der Waals surface area contributed by atoms with E-state index in [2.05, 4.69) is 20.7 Å². The number of anilines is 1. The highest BCUT2D eigenvalue weighted by atomic mass is 19.1. The number of aryl methyl sites for hydroxylation is 1. The van der Waals surface area contributed by atoms with E-state index in [1.807, 2.05) is 19.9 Å². The van der Waals surface area contributed by atoms with Gasteiger partial charge in [-0.25, -0.2) is 4.39 Å². The molecule has 0 aliphatic rings. The fourth-order valence-corrected chi connectivity index (χ4v) is 2.97. The molecule has 2 N–H and O–H groups in total. The Morgan fingerprint density at radius 2 is 2.13 bits per heavy atom. The van der Waals surface area contributed by atoms with Gasteiger partial charge in [-0.3, -0.25) is 15.2 Å². The maximum atomic E-state index is 13.2. The molecule has 9 heteroatoms. The van der Waals surface area contributed by atoms with Crippen molar-refractivity contribution in [3.8, 4) is 11.4 Å². The van der Waals surface area contributed by atoms with Gasteiger partial charge in [-0.2, -0.15) is 5.10 Å². The van der Waals surface area contributed by atoms with Crippen molar-refractivity contribution in [1.29, 1.82) is 5.41 Å². The Bertz CT molecular complexity index is 1080. The lowest BCUT2D eigenvalue weighted by Crippen LogP contribution is -2.33. The number of nitrogens with one attached hydrogen (secondary N) is 2. The quantitative estimate of drug-likeness (QED) is 0.401. The van der Waals surface area contributed by atoms with Gasteiger partial charge in [0, 0.05) is 31.8 Å². The van der Waals surface area contributed by atoms with Gasteiger partial charge in [0.1, 0.15) is 17.3 Å². The number of amides is 1. The highest BCUT2D eigenvalue weighted by Crippen LogP contribution is 2.21. The van der Waals surface area contributed by atoms with Gasteiger partial charge < -0.3 is 14.8 Å². The van der Waals surface area contributed by atoms with Crippen LogP contribution in [0.4, 0.5) is 10.1 Å². The third kappa shape index (κ3) is 5.59. The Balaban J connectivity index is 1.71. The number of rotatable bonds is 9. The number of aromatic nitrogens is 2. The van der Waals surface area contributed by atoms with Crippen LogP contribution in [0.1, 0.15) is 28.6 Å². The number of carbonyl (C=O) groups excluding carboxylic acids is 1. The lowest BCUT2D eigenvalue weighted by molar-refractivity contribution is 0.0764. The molecule has 1 amide bonds. The van der Waals surface area contributed by atoms with E-state index in [-0.39, 0.29) is 5.91 Å². The second-order valence-electron chi connectivity index (χ2n) is 6.78. The first-order valence-electron chi connectivity index (χ1n) is 9.77. The van der Waals surface area contributed by atoms with Gasteiger partial charge in [0.2, 0.25) is 0 Å². The molecule has 0 unspecified atom stereocenters. The van der Waals surface area contributed by atoms with Crippen LogP contribution in [0.3, 0.4) is 0 Å². The van der Waals surface area contributed by atoms with Crippen molar-refractivity contribution < 1.29 is 13.7 Å². The fourth-order valence-electron chi connectivity index (χ4n) is 2.97. The lowest BCUT2D eigenvalue weighted by atomic mass is 10.1. The van der Waals surface area contributed by atoms with E-state index < -0.39 is 5.82 Å². The van der Waals surface area contributed by atoms with Crippen LogP contribution in [0.5, 0.6) is 0 Å². The van der Waals surface area contributed by atoms with Crippen LogP contribution >= 0.6 is 0 Å². The van der Waals surface area contributed by atoms with Crippen LogP contribution in [0.25, 0.3) is 11.4 Å². The monoisotopic (exact) mass is 422 g/mol. The van der Waals surface area contributed by atoms with Gasteiger partial charge in [-0.05, 0) is 38.1 Å². The van der Waals surface area contributed by atoms with Crippen LogP contribution in [0.2, 0.25) is 0 Å². The summed E-state index contributed by atoms with van der Waals surface area (Å²) in [6.07, 6.45) is 3.94. The minimum atomic E-state index is -0.418. The summed E-state index contributed by atoms with van der Waals surface area (Å²) in [5.74, 6) is 0.0438. The number of pyridine rings is 1. The van der Waals surface area contributed by atoms with E-state index >= 15 is 0 Å². The molecule has 0 aliphatic carbocycles. The average molecular weight is 422 g/mol. The summed E-state index contributed by atoms with van der Waals surface area (Å²) in [4.78, 5) is 18.9. The van der Waals surface area contributed by atoms with E-state index in [0.29, 0.717) is 47.9 Å². The lowest BCUT2D eigenvalue weighted by Gasteiger charge is -2.22. The number of carbonyl (C=O) groups is 1. The first kappa shape index (κ1) is 21.8. The predicted molar refractivity (Wildman–Crippen MR) is 117 cm³/mol. The SMILES string of the molecule is CCN(CCc1cc(-c2ccc(F)cn2)no1)C(=O)c1cc(C)ccc1N/N=C\C=N. The Morgan fingerprint density at radius 1 is 1.29 bits per heavy atom. The van der Waals surface area contributed by atoms with Crippen LogP contribution in [0.15, 0.2) is 52.2 Å². The number of hydrogen-bond acceptors (Lipinski definition) is 7. The van der Waals surface area contributed by atoms with E-state index in [9.17, 15) is 9.18 Å². The Morgan fingerprint density at radius 3 is 2.84 bits per heavy atom. The molecule has 31 heavy (non-hydrogen) atoms. The molecule has 0 fully saturated rings. The van der Waals surface area contributed by atoms with Crippen molar-refractivity contribution >= 4 is 24.0 Å². The number of hydrazone groups is 1. The number of hydrogen-bond donors (Lipinski definition) is 2. The molecule has 0 saturated carbocycles. The van der Waals surface area contributed by atoms with E-state index in [1.165, 1.54) is 18.3 Å². The second kappa shape index (κ2) is 10.2. The van der Waals surface area contributed by atoms with Crippen LogP contribution < -0.4 is 5.43 Å². The molecule has 0 saturated heterocycles. The third-order valence-electron chi connectivity index (χ3n) is 4.59. The van der Waals surface area contributed by atoms with Crippen molar-refractivity contribution in [3.63, 3.8) is 0 Å². The molecule has 0 aliphatic heterocycles. The van der Waals surface area contributed by atoms with Crippen LogP contribution in [0, 0.1) is 18.2 Å². The van der Waals surface area contributed by atoms with E-state index in [1.54, 1.807) is 23.1 Å². The zero-order chi connectivity index (χ0) is 22.2. The zero-order valence-corrected chi connectivity index (χ0v) is 17.3. The highest BCUT2D eigenvalue weighted by molar-refractivity contribution is 6.14. The summed E-state index contributed by atoms with van der Waals surface area (Å²) in [5, 5.41) is 14.9. The Kier molecular flexibility index (Phi) is 7.21. The molecule has 3 aromatic rings. The summed E-state index contributed by atoms with van der Waals surface area (Å²) < 4.78 is 18.4. The van der Waals surface area contributed by atoms with Crippen molar-refractivity contribution in [2.75, 3.05) is 18.5 Å². The molecular formula is C22H23FN6O2. The van der Waals surface area contributed by atoms with Gasteiger partial charge in [-0.1, -0.05) is 16.8 Å². The molecule has 8 nitrogen and oxygen atoms in total. The van der Waals surface area contributed by atoms with E-state index in [0.717, 1.165) is 18.0 Å². The standard InChI is InChI=1S/C22H23FN6O2/c1-3-29(22(30)18-12-15(2)4-6-19(18)27-26-10-9-24)11-8-17-13-21(28-31-17)20-7-5-16(23)14-25-20/h4-7,9-10,12-14,24,27H,3,8,11H2,1-2H3/b24-9?,26-10-. The van der Waals surface area contributed by atoms with Gasteiger partial charge >= 0.3 is 0 Å². The van der Waals surface area contributed by atoms with Gasteiger partial charge in [0.25, 0.3) is 5.91 Å². The number of halogens is 1. The van der Waals surface area contributed by atoms with Crippen LogP contribution in [-0.4, -0.2) is 46.5 Å². The fraction of sp³-hybridized carbons (Fsp3) is 0.227. The first-order valence-corrected chi connectivity index (χ1v) is 9.77. The summed E-state index contributed by atoms with van der Waals surface area (Å²) in [5.41, 5.74) is 5.85. The minimum absolute atomic E-state index is 0.140. The smallest absolute Gasteiger partial charge is 0.256 e. The molecule has 0 spiro atoms. The van der Waals surface area contributed by atoms with Gasteiger partial charge in [0.05, 0.1) is 29.4 Å². The Labute approximate surface area is 179 Å². The predicted octanol–water partition coefficient (Wildman–Crippen LogP) is 3.94. The minimum Gasteiger partial charge on any atom is -0.361 e. The number of likely N-dealkylation sites (N-methyl/N-ethyl adjacent to an activating group) is 1. The van der Waals surface area contributed by atoms with Crippen molar-refractivity contribution in [2.24, 2.45) is 5.10 Å². The molecule has 0 atom stereocenters. The summed E-state index contributed by atoms with van der Waals surface area (Å²) in [6, 6.07) is 10.1. The third-order valence-corrected chi connectivity index (χ3v) is 4.59. The van der Waals surface area contributed by atoms with Crippen LogP contribution in [-0.2, 0) is 6.42 Å². The molecule has 3 rings (SSSR count). The van der Waals surface area contributed by atoms with Gasteiger partial charge in [-0.15, -0.1) is 0 Å². The largest absolute Gasteiger partial charge is 0.361 e. The first-order chi connectivity index (χ1) is 15.0. The van der Waals surface area contributed by atoms with E-state index in [4.69, 9.17) is 9.93 Å². The highest BCUT2D eigenvalue weighted by Gasteiger charge is 2.19. The van der Waals surface area contributed by atoms with Gasteiger partial charge in [0.15, 0.2) is 0 Å². The Hall–Kier alpha value is -3.88. The molecule has 1 aromatic carbocycles. The molecule has 0 radical (unpaired) electrons.